The first-order valence-corrected chi connectivity index (χ1v) is 12.2. The van der Waals surface area contributed by atoms with E-state index in [0.29, 0.717) is 12.3 Å². The molecule has 2 aromatic carbocycles. The Kier molecular flexibility index (Phi) is 6.61. The Hall–Kier alpha value is -3.78. The Labute approximate surface area is 199 Å². The van der Waals surface area contributed by atoms with Crippen LogP contribution in [0.2, 0.25) is 0 Å². The van der Waals surface area contributed by atoms with E-state index in [0.717, 1.165) is 16.8 Å². The van der Waals surface area contributed by atoms with Gasteiger partial charge < -0.3 is 18.6 Å². The summed E-state index contributed by atoms with van der Waals surface area (Å²) in [7, 11) is 0.0420. The number of amides is 1. The minimum atomic E-state index is -3.88. The minimum Gasteiger partial charge on any atom is -0.467 e. The van der Waals surface area contributed by atoms with E-state index >= 15 is 0 Å². The van der Waals surface area contributed by atoms with Gasteiger partial charge in [-0.25, -0.2) is 8.42 Å². The fraction of sp³-hybridized carbons (Fsp3) is 0.192. The smallest absolute Gasteiger partial charge is 0.290 e. The number of carbonyl (C=O) groups excluding carboxylic acids is 1. The number of benzene rings is 2. The van der Waals surface area contributed by atoms with Crippen molar-refractivity contribution in [3.05, 3.63) is 102 Å². The maximum atomic E-state index is 13.4. The second-order valence-electron chi connectivity index (χ2n) is 8.24. The van der Waals surface area contributed by atoms with Gasteiger partial charge in [0.25, 0.3) is 5.91 Å². The number of nitrogens with zero attached hydrogens (tertiary/aromatic N) is 2. The summed E-state index contributed by atoms with van der Waals surface area (Å²) in [5.41, 5.74) is 2.91. The molecule has 2 heterocycles. The second-order valence-corrected chi connectivity index (χ2v) is 10.1. The van der Waals surface area contributed by atoms with Crippen molar-refractivity contribution < 1.29 is 22.0 Å². The zero-order valence-corrected chi connectivity index (χ0v) is 20.1. The SMILES string of the molecule is Cc1ccc(S(=O)(=O)c2ccc(C(=O)N(Cc3ccc(N(C)C)cc3)Cc3ccco3)o2)cc1. The van der Waals surface area contributed by atoms with Crippen LogP contribution in [0.25, 0.3) is 0 Å². The molecule has 8 heteroatoms. The Bertz CT molecular complexity index is 1350. The lowest BCUT2D eigenvalue weighted by Gasteiger charge is -2.21. The van der Waals surface area contributed by atoms with Crippen molar-refractivity contribution in [2.24, 2.45) is 0 Å². The van der Waals surface area contributed by atoms with Crippen LogP contribution < -0.4 is 4.90 Å². The van der Waals surface area contributed by atoms with Crippen LogP contribution in [0, 0.1) is 6.92 Å². The molecule has 0 aliphatic heterocycles. The molecule has 7 nitrogen and oxygen atoms in total. The van der Waals surface area contributed by atoms with Gasteiger partial charge in [0.1, 0.15) is 5.76 Å². The highest BCUT2D eigenvalue weighted by Gasteiger charge is 2.26. The molecule has 4 rings (SSSR count). The Balaban J connectivity index is 1.60. The van der Waals surface area contributed by atoms with Crippen molar-refractivity contribution in [1.29, 1.82) is 0 Å². The van der Waals surface area contributed by atoms with Crippen LogP contribution in [-0.2, 0) is 22.9 Å². The molecule has 0 radical (unpaired) electrons. The first-order chi connectivity index (χ1) is 16.2. The van der Waals surface area contributed by atoms with Crippen LogP contribution in [0.5, 0.6) is 0 Å². The monoisotopic (exact) mass is 478 g/mol. The quantitative estimate of drug-likeness (QED) is 0.357. The number of hydrogen-bond donors (Lipinski definition) is 0. The van der Waals surface area contributed by atoms with Crippen molar-refractivity contribution >= 4 is 21.4 Å². The molecular formula is C26H26N2O5S. The van der Waals surface area contributed by atoms with Crippen LogP contribution >= 0.6 is 0 Å². The zero-order chi connectivity index (χ0) is 24.3. The summed E-state index contributed by atoms with van der Waals surface area (Å²) in [5, 5.41) is -0.270. The van der Waals surface area contributed by atoms with Crippen LogP contribution in [0.15, 0.2) is 97.9 Å². The third kappa shape index (κ3) is 5.07. The molecule has 0 saturated heterocycles. The molecule has 176 valence electrons. The minimum absolute atomic E-state index is 0.0536. The predicted octanol–water partition coefficient (Wildman–Crippen LogP) is 4.92. The number of furan rings is 2. The van der Waals surface area contributed by atoms with Gasteiger partial charge in [-0.3, -0.25) is 4.79 Å². The number of aryl methyl sites for hydroxylation is 1. The van der Waals surface area contributed by atoms with Crippen molar-refractivity contribution in [2.45, 2.75) is 30.0 Å². The predicted molar refractivity (Wildman–Crippen MR) is 128 cm³/mol. The van der Waals surface area contributed by atoms with Gasteiger partial charge in [0.15, 0.2) is 5.76 Å². The molecule has 0 bridgehead atoms. The van der Waals surface area contributed by atoms with E-state index in [1.54, 1.807) is 35.4 Å². The summed E-state index contributed by atoms with van der Waals surface area (Å²) < 4.78 is 36.9. The van der Waals surface area contributed by atoms with E-state index in [9.17, 15) is 13.2 Å². The molecule has 2 aromatic heterocycles. The molecule has 0 unspecified atom stereocenters. The molecule has 0 spiro atoms. The van der Waals surface area contributed by atoms with Crippen LogP contribution in [-0.4, -0.2) is 33.3 Å². The maximum absolute atomic E-state index is 13.4. The number of hydrogen-bond acceptors (Lipinski definition) is 6. The molecule has 1 amide bonds. The first-order valence-electron chi connectivity index (χ1n) is 10.7. The van der Waals surface area contributed by atoms with Gasteiger partial charge in [-0.05, 0) is 61.0 Å². The summed E-state index contributed by atoms with van der Waals surface area (Å²) in [6.45, 7) is 2.39. The molecular weight excluding hydrogens is 452 g/mol. The van der Waals surface area contributed by atoms with Gasteiger partial charge in [0.2, 0.25) is 14.9 Å². The molecule has 34 heavy (non-hydrogen) atoms. The lowest BCUT2D eigenvalue weighted by molar-refractivity contribution is 0.0679. The summed E-state index contributed by atoms with van der Waals surface area (Å²) in [5.74, 6) is 0.123. The van der Waals surface area contributed by atoms with Crippen molar-refractivity contribution in [3.8, 4) is 0 Å². The largest absolute Gasteiger partial charge is 0.467 e. The van der Waals surface area contributed by atoms with Gasteiger partial charge in [-0.1, -0.05) is 29.8 Å². The van der Waals surface area contributed by atoms with E-state index < -0.39 is 15.7 Å². The fourth-order valence-corrected chi connectivity index (χ4v) is 4.65. The summed E-state index contributed by atoms with van der Waals surface area (Å²) >= 11 is 0. The number of sulfone groups is 1. The van der Waals surface area contributed by atoms with Crippen LogP contribution in [0.1, 0.15) is 27.4 Å². The second kappa shape index (κ2) is 9.61. The zero-order valence-electron chi connectivity index (χ0n) is 19.3. The summed E-state index contributed by atoms with van der Waals surface area (Å²) in [6, 6.07) is 20.6. The summed E-state index contributed by atoms with van der Waals surface area (Å²) in [4.78, 5) is 17.0. The van der Waals surface area contributed by atoms with Gasteiger partial charge in [-0.15, -0.1) is 0 Å². The lowest BCUT2D eigenvalue weighted by atomic mass is 10.1. The van der Waals surface area contributed by atoms with Crippen LogP contribution in [0.3, 0.4) is 0 Å². The highest BCUT2D eigenvalue weighted by Crippen LogP contribution is 2.25. The van der Waals surface area contributed by atoms with Crippen molar-refractivity contribution in [3.63, 3.8) is 0 Å². The van der Waals surface area contributed by atoms with Gasteiger partial charge >= 0.3 is 0 Å². The Morgan fingerprint density at radius 1 is 0.882 bits per heavy atom. The topological polar surface area (TPSA) is 84.0 Å². The highest BCUT2D eigenvalue weighted by atomic mass is 32.2. The molecule has 0 saturated carbocycles. The standard InChI is InChI=1S/C26H26N2O5S/c1-19-6-12-23(13-7-19)34(30,31)25-15-14-24(33-25)26(29)28(18-22-5-4-16-32-22)17-20-8-10-21(11-9-20)27(2)3/h4-16H,17-18H2,1-3H3. The normalized spacial score (nSPS) is 11.4. The highest BCUT2D eigenvalue weighted by molar-refractivity contribution is 7.91. The fourth-order valence-electron chi connectivity index (χ4n) is 3.48. The molecule has 0 atom stereocenters. The molecule has 0 fully saturated rings. The van der Waals surface area contributed by atoms with E-state index in [1.165, 1.54) is 24.3 Å². The average molecular weight is 479 g/mol. The van der Waals surface area contributed by atoms with Crippen molar-refractivity contribution in [1.82, 2.24) is 4.90 Å². The van der Waals surface area contributed by atoms with Gasteiger partial charge in [0, 0.05) is 26.3 Å². The van der Waals surface area contributed by atoms with E-state index in [-0.39, 0.29) is 22.3 Å². The Morgan fingerprint density at radius 3 is 2.21 bits per heavy atom. The maximum Gasteiger partial charge on any atom is 0.290 e. The Morgan fingerprint density at radius 2 is 1.59 bits per heavy atom. The number of carbonyl (C=O) groups is 1. The molecule has 4 aromatic rings. The molecule has 0 N–H and O–H groups in total. The lowest BCUT2D eigenvalue weighted by Crippen LogP contribution is -2.29. The number of rotatable bonds is 8. The first kappa shape index (κ1) is 23.4. The average Bonchev–Trinajstić information content (AvgIpc) is 3.52. The van der Waals surface area contributed by atoms with Gasteiger partial charge in [0.05, 0.1) is 17.7 Å². The summed E-state index contributed by atoms with van der Waals surface area (Å²) in [6.07, 6.45) is 1.54. The molecule has 0 aliphatic rings. The number of anilines is 1. The van der Waals surface area contributed by atoms with Gasteiger partial charge in [-0.2, -0.15) is 0 Å². The third-order valence-corrected chi connectivity index (χ3v) is 7.07. The third-order valence-electron chi connectivity index (χ3n) is 5.43. The van der Waals surface area contributed by atoms with E-state index in [1.807, 2.05) is 50.2 Å². The van der Waals surface area contributed by atoms with Crippen LogP contribution in [0.4, 0.5) is 5.69 Å². The van der Waals surface area contributed by atoms with E-state index in [4.69, 9.17) is 8.83 Å². The van der Waals surface area contributed by atoms with Crippen molar-refractivity contribution in [2.75, 3.05) is 19.0 Å². The van der Waals surface area contributed by atoms with E-state index in [2.05, 4.69) is 0 Å². The molecule has 0 aliphatic carbocycles.